The summed E-state index contributed by atoms with van der Waals surface area (Å²) in [5, 5.41) is 3.49. The largest absolute Gasteiger partial charge is 0.469 e. The van der Waals surface area contributed by atoms with Crippen LogP contribution >= 0.6 is 11.3 Å². The number of methoxy groups -OCH3 is 1. The Balaban J connectivity index is 1.77. The minimum Gasteiger partial charge on any atom is -0.469 e. The third-order valence-corrected chi connectivity index (χ3v) is 4.07. The van der Waals surface area contributed by atoms with E-state index < -0.39 is 0 Å². The summed E-state index contributed by atoms with van der Waals surface area (Å²) < 4.78 is 10.1. The van der Waals surface area contributed by atoms with E-state index in [0.29, 0.717) is 12.5 Å². The van der Waals surface area contributed by atoms with Crippen molar-refractivity contribution in [2.45, 2.75) is 31.8 Å². The van der Waals surface area contributed by atoms with E-state index in [1.807, 2.05) is 6.07 Å². The number of esters is 1. The molecule has 1 atom stereocenters. The summed E-state index contributed by atoms with van der Waals surface area (Å²) >= 11 is 1.66. The Morgan fingerprint density at radius 2 is 2.39 bits per heavy atom. The fourth-order valence-electron chi connectivity index (χ4n) is 1.97. The number of nitrogens with one attached hydrogen (secondary N) is 1. The lowest BCUT2D eigenvalue weighted by Crippen LogP contribution is -2.36. The van der Waals surface area contributed by atoms with Gasteiger partial charge in [0.05, 0.1) is 20.1 Å². The molecule has 1 saturated heterocycles. The number of rotatable bonds is 5. The highest BCUT2D eigenvalue weighted by molar-refractivity contribution is 7.12. The van der Waals surface area contributed by atoms with Gasteiger partial charge in [-0.25, -0.2) is 0 Å². The molecule has 100 valence electrons. The minimum absolute atomic E-state index is 0.183. The van der Waals surface area contributed by atoms with E-state index in [1.165, 1.54) is 18.4 Å². The van der Waals surface area contributed by atoms with Gasteiger partial charge in [0.15, 0.2) is 0 Å². The van der Waals surface area contributed by atoms with Gasteiger partial charge in [0.1, 0.15) is 0 Å². The first-order chi connectivity index (χ1) is 8.78. The van der Waals surface area contributed by atoms with Crippen molar-refractivity contribution in [3.05, 3.63) is 21.9 Å². The monoisotopic (exact) mass is 269 g/mol. The predicted octanol–water partition coefficient (Wildman–Crippen LogP) is 1.73. The molecule has 0 saturated carbocycles. The maximum absolute atomic E-state index is 11.1. The maximum atomic E-state index is 11.1. The number of hydrogen-bond donors (Lipinski definition) is 1. The van der Waals surface area contributed by atoms with E-state index in [-0.39, 0.29) is 5.97 Å². The molecular weight excluding hydrogens is 250 g/mol. The van der Waals surface area contributed by atoms with Crippen LogP contribution in [-0.4, -0.2) is 32.3 Å². The van der Waals surface area contributed by atoms with Crippen molar-refractivity contribution < 1.29 is 14.3 Å². The zero-order valence-electron chi connectivity index (χ0n) is 10.6. The van der Waals surface area contributed by atoms with E-state index in [2.05, 4.69) is 16.1 Å². The van der Waals surface area contributed by atoms with Crippen LogP contribution in [0.1, 0.15) is 22.6 Å². The highest BCUT2D eigenvalue weighted by Gasteiger charge is 2.13. The molecule has 0 spiro atoms. The molecule has 0 aromatic carbocycles. The fraction of sp³-hybridized carbons (Fsp3) is 0.615. The van der Waals surface area contributed by atoms with Crippen molar-refractivity contribution in [2.24, 2.45) is 0 Å². The molecule has 4 nitrogen and oxygen atoms in total. The fourth-order valence-corrected chi connectivity index (χ4v) is 2.93. The highest BCUT2D eigenvalue weighted by atomic mass is 32.1. The van der Waals surface area contributed by atoms with Crippen molar-refractivity contribution in [3.63, 3.8) is 0 Å². The average Bonchev–Trinajstić information content (AvgIpc) is 2.85. The Kier molecular flexibility index (Phi) is 5.16. The average molecular weight is 269 g/mol. The Labute approximate surface area is 111 Å². The Bertz CT molecular complexity index is 385. The number of carbonyl (C=O) groups excluding carboxylic acids is 1. The predicted molar refractivity (Wildman–Crippen MR) is 70.7 cm³/mol. The van der Waals surface area contributed by atoms with Gasteiger partial charge in [-0.05, 0) is 25.0 Å². The second-order valence-electron chi connectivity index (χ2n) is 4.42. The maximum Gasteiger partial charge on any atom is 0.310 e. The van der Waals surface area contributed by atoms with Gasteiger partial charge >= 0.3 is 5.97 Å². The molecule has 5 heteroatoms. The van der Waals surface area contributed by atoms with Crippen molar-refractivity contribution in [2.75, 3.05) is 20.3 Å². The molecule has 1 N–H and O–H groups in total. The van der Waals surface area contributed by atoms with Crippen LogP contribution in [0.3, 0.4) is 0 Å². The van der Waals surface area contributed by atoms with Gasteiger partial charge in [-0.1, -0.05) is 0 Å². The molecule has 2 rings (SSSR count). The van der Waals surface area contributed by atoms with Gasteiger partial charge in [0, 0.05) is 28.9 Å². The van der Waals surface area contributed by atoms with Crippen LogP contribution < -0.4 is 5.32 Å². The molecular formula is C13H19NO3S. The van der Waals surface area contributed by atoms with E-state index in [1.54, 1.807) is 11.3 Å². The van der Waals surface area contributed by atoms with Crippen molar-refractivity contribution in [1.82, 2.24) is 5.32 Å². The van der Waals surface area contributed by atoms with Crippen LogP contribution in [0.25, 0.3) is 0 Å². The van der Waals surface area contributed by atoms with Gasteiger partial charge in [-0.2, -0.15) is 0 Å². The normalized spacial score (nSPS) is 19.7. The highest BCUT2D eigenvalue weighted by Crippen LogP contribution is 2.18. The molecule has 1 unspecified atom stereocenters. The molecule has 0 radical (unpaired) electrons. The molecule has 1 aromatic rings. The van der Waals surface area contributed by atoms with Crippen LogP contribution in [-0.2, 0) is 27.2 Å². The molecule has 0 amide bonds. The van der Waals surface area contributed by atoms with Crippen LogP contribution in [0.4, 0.5) is 0 Å². The summed E-state index contributed by atoms with van der Waals surface area (Å²) in [6, 6.07) is 4.53. The van der Waals surface area contributed by atoms with Crippen LogP contribution in [0.2, 0.25) is 0 Å². The van der Waals surface area contributed by atoms with Crippen molar-refractivity contribution >= 4 is 17.3 Å². The Morgan fingerprint density at radius 3 is 3.11 bits per heavy atom. The van der Waals surface area contributed by atoms with Crippen LogP contribution in [0.5, 0.6) is 0 Å². The number of hydrogen-bond acceptors (Lipinski definition) is 5. The second kappa shape index (κ2) is 6.87. The third kappa shape index (κ3) is 4.08. The molecule has 2 heterocycles. The van der Waals surface area contributed by atoms with Gasteiger partial charge in [0.2, 0.25) is 0 Å². The van der Waals surface area contributed by atoms with E-state index in [4.69, 9.17) is 4.74 Å². The molecule has 1 aliphatic heterocycles. The topological polar surface area (TPSA) is 47.6 Å². The van der Waals surface area contributed by atoms with Gasteiger partial charge in [-0.3, -0.25) is 4.79 Å². The first kappa shape index (κ1) is 13.5. The van der Waals surface area contributed by atoms with Crippen molar-refractivity contribution in [3.8, 4) is 0 Å². The number of carbonyl (C=O) groups is 1. The molecule has 1 fully saturated rings. The smallest absolute Gasteiger partial charge is 0.310 e. The quantitative estimate of drug-likeness (QED) is 0.827. The summed E-state index contributed by atoms with van der Waals surface area (Å²) in [7, 11) is 1.42. The summed E-state index contributed by atoms with van der Waals surface area (Å²) in [4.78, 5) is 13.5. The SMILES string of the molecule is COC(=O)Cc1ccc(CNC2CCCOC2)s1. The first-order valence-corrected chi connectivity index (χ1v) is 7.05. The lowest BCUT2D eigenvalue weighted by atomic mass is 10.1. The zero-order valence-corrected chi connectivity index (χ0v) is 11.4. The lowest BCUT2D eigenvalue weighted by molar-refractivity contribution is -0.139. The third-order valence-electron chi connectivity index (χ3n) is 2.99. The van der Waals surface area contributed by atoms with E-state index in [0.717, 1.165) is 31.1 Å². The van der Waals surface area contributed by atoms with Crippen LogP contribution in [0.15, 0.2) is 12.1 Å². The summed E-state index contributed by atoms with van der Waals surface area (Å²) in [6.45, 7) is 2.54. The zero-order chi connectivity index (χ0) is 12.8. The Hall–Kier alpha value is -0.910. The van der Waals surface area contributed by atoms with Gasteiger partial charge in [-0.15, -0.1) is 11.3 Å². The Morgan fingerprint density at radius 1 is 1.56 bits per heavy atom. The van der Waals surface area contributed by atoms with Crippen molar-refractivity contribution in [1.29, 1.82) is 0 Å². The molecule has 1 aromatic heterocycles. The number of thiophene rings is 1. The molecule has 18 heavy (non-hydrogen) atoms. The summed E-state index contributed by atoms with van der Waals surface area (Å²) in [5.41, 5.74) is 0. The molecule has 0 bridgehead atoms. The molecule has 0 aliphatic carbocycles. The standard InChI is InChI=1S/C13H19NO3S/c1-16-13(15)7-11-4-5-12(18-11)8-14-10-3-2-6-17-9-10/h4-5,10,14H,2-3,6-9H2,1H3. The lowest BCUT2D eigenvalue weighted by Gasteiger charge is -2.22. The first-order valence-electron chi connectivity index (χ1n) is 6.23. The van der Waals surface area contributed by atoms with Crippen LogP contribution in [0, 0.1) is 0 Å². The second-order valence-corrected chi connectivity index (χ2v) is 5.67. The summed E-state index contributed by atoms with van der Waals surface area (Å²) in [6.07, 6.45) is 2.68. The minimum atomic E-state index is -0.183. The number of ether oxygens (including phenoxy) is 2. The van der Waals surface area contributed by atoms with Gasteiger partial charge in [0.25, 0.3) is 0 Å². The summed E-state index contributed by atoms with van der Waals surface area (Å²) in [5.74, 6) is -0.183. The molecule has 1 aliphatic rings. The van der Waals surface area contributed by atoms with Gasteiger partial charge < -0.3 is 14.8 Å². The van der Waals surface area contributed by atoms with E-state index >= 15 is 0 Å². The van der Waals surface area contributed by atoms with E-state index in [9.17, 15) is 4.79 Å².